The van der Waals surface area contributed by atoms with Crippen LogP contribution in [0.15, 0.2) is 42.7 Å². The van der Waals surface area contributed by atoms with E-state index >= 15 is 0 Å². The van der Waals surface area contributed by atoms with Crippen LogP contribution in [0, 0.1) is 11.8 Å². The van der Waals surface area contributed by atoms with Crippen LogP contribution in [-0.2, 0) is 14.3 Å². The average Bonchev–Trinajstić information content (AvgIpc) is 2.50. The van der Waals surface area contributed by atoms with E-state index in [9.17, 15) is 4.79 Å². The number of hydrogen-bond acceptors (Lipinski definition) is 3. The van der Waals surface area contributed by atoms with Crippen molar-refractivity contribution < 1.29 is 14.3 Å². The highest BCUT2D eigenvalue weighted by Crippen LogP contribution is 2.16. The normalized spacial score (nSPS) is 11.5. The van der Waals surface area contributed by atoms with Gasteiger partial charge < -0.3 is 9.47 Å². The Labute approximate surface area is 120 Å². The fraction of sp³-hybridized carbons (Fsp3) is 0.353. The molecule has 0 heterocycles. The Bertz CT molecular complexity index is 480. The lowest BCUT2D eigenvalue weighted by Crippen LogP contribution is -1.99. The van der Waals surface area contributed by atoms with Crippen molar-refractivity contribution in [3.8, 4) is 11.8 Å². The summed E-state index contributed by atoms with van der Waals surface area (Å²) in [5.41, 5.74) is 0.964. The van der Waals surface area contributed by atoms with E-state index in [0.717, 1.165) is 24.8 Å². The zero-order chi connectivity index (χ0) is 14.6. The Morgan fingerprint density at radius 2 is 2.10 bits per heavy atom. The summed E-state index contributed by atoms with van der Waals surface area (Å²) < 4.78 is 10.0. The van der Waals surface area contributed by atoms with Crippen molar-refractivity contribution in [1.82, 2.24) is 0 Å². The highest BCUT2D eigenvalue weighted by Gasteiger charge is 2.06. The number of ether oxygens (including phenoxy) is 2. The van der Waals surface area contributed by atoms with Crippen LogP contribution in [0.4, 0.5) is 0 Å². The van der Waals surface area contributed by atoms with Gasteiger partial charge in [-0.25, -0.2) is 4.79 Å². The predicted octanol–water partition coefficient (Wildman–Crippen LogP) is 3.62. The summed E-state index contributed by atoms with van der Waals surface area (Å²) in [6.07, 6.45) is 5.25. The minimum absolute atomic E-state index is 0.367. The second-order valence-corrected chi connectivity index (χ2v) is 4.18. The first kappa shape index (κ1) is 15.8. The standard InChI is InChI=1S/C17H20O3/c1-3-4-5-9-12-16(15-10-7-6-8-11-15)20-14-13-17(18)19-2/h6-8,10-11,13-14,16H,3-5H2,1-2H3. The number of rotatable bonds is 6. The third-order valence-corrected chi connectivity index (χ3v) is 2.61. The van der Waals surface area contributed by atoms with Gasteiger partial charge >= 0.3 is 5.97 Å². The Balaban J connectivity index is 2.71. The van der Waals surface area contributed by atoms with Crippen LogP contribution in [0.2, 0.25) is 0 Å². The maximum Gasteiger partial charge on any atom is 0.333 e. The minimum Gasteiger partial charge on any atom is -0.480 e. The van der Waals surface area contributed by atoms with Gasteiger partial charge in [-0.3, -0.25) is 0 Å². The molecule has 0 spiro atoms. The highest BCUT2D eigenvalue weighted by molar-refractivity contribution is 5.81. The first-order valence-corrected chi connectivity index (χ1v) is 6.71. The first-order valence-electron chi connectivity index (χ1n) is 6.71. The summed E-state index contributed by atoms with van der Waals surface area (Å²) in [7, 11) is 1.33. The van der Waals surface area contributed by atoms with E-state index in [-0.39, 0.29) is 6.10 Å². The van der Waals surface area contributed by atoms with Crippen LogP contribution in [-0.4, -0.2) is 13.1 Å². The van der Waals surface area contributed by atoms with Gasteiger partial charge in [0.2, 0.25) is 0 Å². The molecule has 1 aromatic carbocycles. The van der Waals surface area contributed by atoms with E-state index in [1.54, 1.807) is 0 Å². The Hall–Kier alpha value is -2.21. The Kier molecular flexibility index (Phi) is 7.67. The van der Waals surface area contributed by atoms with E-state index in [2.05, 4.69) is 23.5 Å². The lowest BCUT2D eigenvalue weighted by molar-refractivity contribution is -0.135. The van der Waals surface area contributed by atoms with Gasteiger partial charge in [-0.2, -0.15) is 0 Å². The first-order chi connectivity index (χ1) is 9.77. The number of unbranched alkanes of at least 4 members (excludes halogenated alkanes) is 2. The summed E-state index contributed by atoms with van der Waals surface area (Å²) in [5.74, 6) is 5.75. The molecule has 1 unspecified atom stereocenters. The predicted molar refractivity (Wildman–Crippen MR) is 78.7 cm³/mol. The second kappa shape index (κ2) is 9.69. The van der Waals surface area contributed by atoms with Gasteiger partial charge in [0, 0.05) is 12.0 Å². The summed E-state index contributed by atoms with van der Waals surface area (Å²) in [5, 5.41) is 0. The molecule has 0 saturated heterocycles. The molecule has 1 atom stereocenters. The minimum atomic E-state index is -0.448. The number of benzene rings is 1. The molecule has 3 nitrogen and oxygen atoms in total. The molecule has 0 saturated carbocycles. The number of carbonyl (C=O) groups is 1. The molecule has 0 bridgehead atoms. The van der Waals surface area contributed by atoms with Gasteiger partial charge in [0.25, 0.3) is 0 Å². The maximum absolute atomic E-state index is 11.0. The molecule has 1 aromatic rings. The molecule has 0 aliphatic carbocycles. The van der Waals surface area contributed by atoms with Crippen molar-refractivity contribution in [3.05, 3.63) is 48.2 Å². The van der Waals surface area contributed by atoms with Crippen LogP contribution in [0.5, 0.6) is 0 Å². The summed E-state index contributed by atoms with van der Waals surface area (Å²) in [6.45, 7) is 2.13. The zero-order valence-electron chi connectivity index (χ0n) is 12.0. The molecule has 0 N–H and O–H groups in total. The Morgan fingerprint density at radius 1 is 1.35 bits per heavy atom. The number of carbonyl (C=O) groups excluding carboxylic acids is 1. The molecule has 0 fully saturated rings. The summed E-state index contributed by atoms with van der Waals surface area (Å²) in [6, 6.07) is 9.71. The van der Waals surface area contributed by atoms with Crippen LogP contribution in [0.3, 0.4) is 0 Å². The molecule has 20 heavy (non-hydrogen) atoms. The molecule has 0 aliphatic heterocycles. The van der Waals surface area contributed by atoms with E-state index in [4.69, 9.17) is 4.74 Å². The van der Waals surface area contributed by atoms with Crippen molar-refractivity contribution >= 4 is 5.97 Å². The number of methoxy groups -OCH3 is 1. The maximum atomic E-state index is 11.0. The van der Waals surface area contributed by atoms with Crippen LogP contribution < -0.4 is 0 Å². The topological polar surface area (TPSA) is 35.5 Å². The molecule has 0 amide bonds. The van der Waals surface area contributed by atoms with Crippen molar-refractivity contribution in [2.24, 2.45) is 0 Å². The lowest BCUT2D eigenvalue weighted by atomic mass is 10.1. The monoisotopic (exact) mass is 272 g/mol. The average molecular weight is 272 g/mol. The van der Waals surface area contributed by atoms with Crippen LogP contribution >= 0.6 is 0 Å². The smallest absolute Gasteiger partial charge is 0.333 e. The fourth-order valence-electron chi connectivity index (χ4n) is 1.50. The van der Waals surface area contributed by atoms with Crippen molar-refractivity contribution in [3.63, 3.8) is 0 Å². The largest absolute Gasteiger partial charge is 0.480 e. The van der Waals surface area contributed by atoms with Crippen molar-refractivity contribution in [2.75, 3.05) is 7.11 Å². The van der Waals surface area contributed by atoms with Gasteiger partial charge in [-0.15, -0.1) is 0 Å². The second-order valence-electron chi connectivity index (χ2n) is 4.18. The van der Waals surface area contributed by atoms with E-state index < -0.39 is 5.97 Å². The van der Waals surface area contributed by atoms with Crippen molar-refractivity contribution in [2.45, 2.75) is 32.3 Å². The molecular weight excluding hydrogens is 252 g/mol. The molecule has 3 heteroatoms. The van der Waals surface area contributed by atoms with Crippen LogP contribution in [0.25, 0.3) is 0 Å². The lowest BCUT2D eigenvalue weighted by Gasteiger charge is -2.10. The van der Waals surface area contributed by atoms with Gasteiger partial charge in [0.05, 0.1) is 19.4 Å². The number of hydrogen-bond donors (Lipinski definition) is 0. The Morgan fingerprint density at radius 3 is 2.75 bits per heavy atom. The fourth-order valence-corrected chi connectivity index (χ4v) is 1.50. The quantitative estimate of drug-likeness (QED) is 0.261. The third-order valence-electron chi connectivity index (χ3n) is 2.61. The molecule has 0 radical (unpaired) electrons. The SMILES string of the molecule is CCCCC#CC(OC=CC(=O)OC)c1ccccc1. The third kappa shape index (κ3) is 6.10. The highest BCUT2D eigenvalue weighted by atomic mass is 16.5. The number of esters is 1. The molecule has 0 aliphatic rings. The van der Waals surface area contributed by atoms with Crippen molar-refractivity contribution in [1.29, 1.82) is 0 Å². The molecule has 106 valence electrons. The van der Waals surface area contributed by atoms with Gasteiger partial charge in [0.15, 0.2) is 6.10 Å². The molecular formula is C17H20O3. The van der Waals surface area contributed by atoms with Gasteiger partial charge in [0.1, 0.15) is 0 Å². The summed E-state index contributed by atoms with van der Waals surface area (Å²) >= 11 is 0. The van der Waals surface area contributed by atoms with Crippen LogP contribution in [0.1, 0.15) is 37.9 Å². The van der Waals surface area contributed by atoms with E-state index in [1.807, 2.05) is 30.3 Å². The molecule has 0 aromatic heterocycles. The summed E-state index contributed by atoms with van der Waals surface area (Å²) in [4.78, 5) is 11.0. The van der Waals surface area contributed by atoms with Gasteiger partial charge in [-0.1, -0.05) is 55.5 Å². The van der Waals surface area contributed by atoms with E-state index in [1.165, 1.54) is 19.4 Å². The zero-order valence-corrected chi connectivity index (χ0v) is 12.0. The van der Waals surface area contributed by atoms with E-state index in [0.29, 0.717) is 0 Å². The molecule has 1 rings (SSSR count). The van der Waals surface area contributed by atoms with Gasteiger partial charge in [-0.05, 0) is 6.42 Å².